The van der Waals surface area contributed by atoms with E-state index in [1.807, 2.05) is 13.0 Å². The summed E-state index contributed by atoms with van der Waals surface area (Å²) < 4.78 is 26.5. The molecule has 0 atom stereocenters. The third kappa shape index (κ3) is 5.52. The van der Waals surface area contributed by atoms with Gasteiger partial charge in [0.25, 0.3) is 0 Å². The second-order valence-electron chi connectivity index (χ2n) is 10.6. The second kappa shape index (κ2) is 9.15. The van der Waals surface area contributed by atoms with Gasteiger partial charge in [0.2, 0.25) is 0 Å². The average molecular weight is 469 g/mol. The van der Waals surface area contributed by atoms with Crippen LogP contribution in [0.15, 0.2) is 59.5 Å². The Morgan fingerprint density at radius 3 is 1.66 bits per heavy atom. The normalized spacial score (nSPS) is 12.8. The highest BCUT2D eigenvalue weighted by molar-refractivity contribution is 7.91. The van der Waals surface area contributed by atoms with E-state index in [0.29, 0.717) is 11.3 Å². The van der Waals surface area contributed by atoms with Crippen molar-refractivity contribution in [3.05, 3.63) is 65.7 Å². The fourth-order valence-electron chi connectivity index (χ4n) is 3.65. The minimum atomic E-state index is -3.35. The highest BCUT2D eigenvalue weighted by atomic mass is 32.2. The van der Waals surface area contributed by atoms with Crippen molar-refractivity contribution in [2.45, 2.75) is 77.0 Å². The Labute approximate surface area is 198 Å². The molecule has 2 nitrogen and oxygen atoms in total. The third-order valence-corrected chi connectivity index (χ3v) is 9.03. The number of thiophene rings is 1. The molecule has 0 amide bonds. The molecule has 2 aromatic carbocycles. The van der Waals surface area contributed by atoms with Gasteiger partial charge in [0.15, 0.2) is 9.84 Å². The summed E-state index contributed by atoms with van der Waals surface area (Å²) >= 11 is 1.57. The Morgan fingerprint density at radius 2 is 1.22 bits per heavy atom. The summed E-state index contributed by atoms with van der Waals surface area (Å²) in [6, 6.07) is 18.8. The average Bonchev–Trinajstić information content (AvgIpc) is 3.18. The first-order valence-electron chi connectivity index (χ1n) is 11.4. The van der Waals surface area contributed by atoms with E-state index in [-0.39, 0.29) is 16.6 Å². The quantitative estimate of drug-likeness (QED) is 0.365. The lowest BCUT2D eigenvalue weighted by molar-refractivity contribution is 0.590. The molecular formula is C28H36O2S2. The summed E-state index contributed by atoms with van der Waals surface area (Å²) in [5.41, 5.74) is 4.69. The number of unbranched alkanes of at least 4 members (excludes halogenated alkanes) is 1. The van der Waals surface area contributed by atoms with Gasteiger partial charge >= 0.3 is 0 Å². The van der Waals surface area contributed by atoms with E-state index in [2.05, 4.69) is 90.1 Å². The van der Waals surface area contributed by atoms with Crippen molar-refractivity contribution in [3.63, 3.8) is 0 Å². The van der Waals surface area contributed by atoms with Crippen molar-refractivity contribution in [2.24, 2.45) is 0 Å². The van der Waals surface area contributed by atoms with E-state index >= 15 is 0 Å². The maximum absolute atomic E-state index is 13.2. The van der Waals surface area contributed by atoms with Gasteiger partial charge < -0.3 is 0 Å². The molecule has 0 radical (unpaired) electrons. The minimum Gasteiger partial charge on any atom is -0.224 e. The molecule has 0 aliphatic heterocycles. The second-order valence-corrected chi connectivity index (χ2v) is 13.8. The van der Waals surface area contributed by atoms with Crippen molar-refractivity contribution >= 4 is 21.2 Å². The predicted octanol–water partition coefficient (Wildman–Crippen LogP) is 8.25. The molecule has 1 aromatic heterocycles. The summed E-state index contributed by atoms with van der Waals surface area (Å²) in [4.78, 5) is 2.31. The van der Waals surface area contributed by atoms with Gasteiger partial charge in [-0.3, -0.25) is 0 Å². The van der Waals surface area contributed by atoms with E-state index < -0.39 is 9.84 Å². The van der Waals surface area contributed by atoms with Crippen LogP contribution in [0, 0.1) is 0 Å². The zero-order valence-corrected chi connectivity index (χ0v) is 22.1. The van der Waals surface area contributed by atoms with E-state index in [1.165, 1.54) is 11.1 Å². The molecule has 32 heavy (non-hydrogen) atoms. The summed E-state index contributed by atoms with van der Waals surface area (Å²) in [6.07, 6.45) is 1.54. The maximum Gasteiger partial charge on any atom is 0.179 e. The molecule has 0 unspecified atom stereocenters. The van der Waals surface area contributed by atoms with Crippen LogP contribution < -0.4 is 0 Å². The molecule has 0 bridgehead atoms. The molecule has 3 rings (SSSR count). The smallest absolute Gasteiger partial charge is 0.179 e. The fourth-order valence-corrected chi connectivity index (χ4v) is 6.88. The number of hydrogen-bond acceptors (Lipinski definition) is 3. The Balaban J connectivity index is 2.10. The Hall–Kier alpha value is -1.91. The topological polar surface area (TPSA) is 34.1 Å². The van der Waals surface area contributed by atoms with Crippen LogP contribution in [0.25, 0.3) is 20.9 Å². The minimum absolute atomic E-state index is 0.0595. The summed E-state index contributed by atoms with van der Waals surface area (Å²) in [7, 11) is -3.35. The monoisotopic (exact) mass is 468 g/mol. The predicted molar refractivity (Wildman–Crippen MR) is 140 cm³/mol. The molecule has 0 saturated carbocycles. The number of sulfone groups is 1. The molecular weight excluding hydrogens is 432 g/mol. The van der Waals surface area contributed by atoms with Crippen LogP contribution in [0.5, 0.6) is 0 Å². The van der Waals surface area contributed by atoms with Gasteiger partial charge in [-0.1, -0.05) is 103 Å². The summed E-state index contributed by atoms with van der Waals surface area (Å²) in [6.45, 7) is 15.2. The van der Waals surface area contributed by atoms with Gasteiger partial charge in [0.05, 0.1) is 15.5 Å². The lowest BCUT2D eigenvalue weighted by atomic mass is 9.86. The SMILES string of the molecule is CCCCS(=O)(=O)c1cc(-c2ccc(C(C)(C)C)cc2)sc1-c1ccc(C(C)(C)C)cc1. The van der Waals surface area contributed by atoms with Crippen molar-refractivity contribution in [2.75, 3.05) is 5.75 Å². The van der Waals surface area contributed by atoms with Crippen LogP contribution in [-0.4, -0.2) is 14.2 Å². The number of benzene rings is 2. The van der Waals surface area contributed by atoms with Crippen LogP contribution in [0.3, 0.4) is 0 Å². The maximum atomic E-state index is 13.2. The van der Waals surface area contributed by atoms with Crippen molar-refractivity contribution in [1.29, 1.82) is 0 Å². The highest BCUT2D eigenvalue weighted by Crippen LogP contribution is 2.42. The summed E-state index contributed by atoms with van der Waals surface area (Å²) in [5, 5.41) is 0. The molecule has 0 fully saturated rings. The van der Waals surface area contributed by atoms with Crippen LogP contribution in [0.4, 0.5) is 0 Å². The number of rotatable bonds is 6. The lowest BCUT2D eigenvalue weighted by Crippen LogP contribution is -2.10. The first-order valence-corrected chi connectivity index (χ1v) is 13.9. The molecule has 0 saturated heterocycles. The van der Waals surface area contributed by atoms with Gasteiger partial charge in [-0.05, 0) is 45.6 Å². The van der Waals surface area contributed by atoms with E-state index in [1.54, 1.807) is 11.3 Å². The van der Waals surface area contributed by atoms with Crippen LogP contribution in [-0.2, 0) is 20.7 Å². The molecule has 0 aliphatic rings. The van der Waals surface area contributed by atoms with Crippen LogP contribution in [0.2, 0.25) is 0 Å². The summed E-state index contributed by atoms with van der Waals surface area (Å²) in [5.74, 6) is 0.190. The van der Waals surface area contributed by atoms with Crippen molar-refractivity contribution in [3.8, 4) is 20.9 Å². The lowest BCUT2D eigenvalue weighted by Gasteiger charge is -2.19. The molecule has 4 heteroatoms. The Bertz CT molecular complexity index is 1150. The third-order valence-electron chi connectivity index (χ3n) is 5.85. The van der Waals surface area contributed by atoms with Gasteiger partial charge in [-0.15, -0.1) is 11.3 Å². The van der Waals surface area contributed by atoms with Gasteiger partial charge in [-0.2, -0.15) is 0 Å². The highest BCUT2D eigenvalue weighted by Gasteiger charge is 2.24. The first kappa shape index (κ1) is 24.7. The zero-order chi connectivity index (χ0) is 23.7. The molecule has 0 spiro atoms. The van der Waals surface area contributed by atoms with E-state index in [0.717, 1.165) is 27.3 Å². The van der Waals surface area contributed by atoms with E-state index in [9.17, 15) is 8.42 Å². The largest absolute Gasteiger partial charge is 0.224 e. The van der Waals surface area contributed by atoms with Gasteiger partial charge in [0.1, 0.15) is 0 Å². The van der Waals surface area contributed by atoms with Gasteiger partial charge in [-0.25, -0.2) is 8.42 Å². The fraction of sp³-hybridized carbons (Fsp3) is 0.429. The Morgan fingerprint density at radius 1 is 0.750 bits per heavy atom. The zero-order valence-electron chi connectivity index (χ0n) is 20.5. The molecule has 172 valence electrons. The van der Waals surface area contributed by atoms with E-state index in [4.69, 9.17) is 0 Å². The molecule has 3 aromatic rings. The van der Waals surface area contributed by atoms with Crippen LogP contribution in [0.1, 0.15) is 72.4 Å². The molecule has 0 aliphatic carbocycles. The molecule has 1 heterocycles. The first-order chi connectivity index (χ1) is 14.8. The van der Waals surface area contributed by atoms with Crippen LogP contribution >= 0.6 is 11.3 Å². The van der Waals surface area contributed by atoms with Crippen molar-refractivity contribution < 1.29 is 8.42 Å². The Kier molecular flexibility index (Phi) is 7.07. The number of hydrogen-bond donors (Lipinski definition) is 0. The van der Waals surface area contributed by atoms with Gasteiger partial charge in [0, 0.05) is 4.88 Å². The standard InChI is InChI=1S/C28H36O2S2/c1-8-9-18-32(29,30)25-19-24(20-10-14-22(15-11-20)27(2,3)4)31-26(25)21-12-16-23(17-13-21)28(5,6)7/h10-17,19H,8-9,18H2,1-7H3. The molecule has 0 N–H and O–H groups in total. The van der Waals surface area contributed by atoms with Crippen molar-refractivity contribution in [1.82, 2.24) is 0 Å².